The number of rotatable bonds is 7. The molecular formula is C21H17ClN2O4S. The van der Waals surface area contributed by atoms with Gasteiger partial charge in [0.2, 0.25) is 0 Å². The van der Waals surface area contributed by atoms with E-state index in [0.29, 0.717) is 33.2 Å². The highest BCUT2D eigenvalue weighted by Crippen LogP contribution is 2.27. The lowest BCUT2D eigenvalue weighted by Crippen LogP contribution is -2.00. The average Bonchev–Trinajstić information content (AvgIpc) is 3.19. The van der Waals surface area contributed by atoms with Crippen LogP contribution in [-0.4, -0.2) is 10.2 Å². The van der Waals surface area contributed by atoms with Crippen molar-refractivity contribution in [2.75, 3.05) is 0 Å². The molecule has 0 spiro atoms. The molecule has 4 aromatic rings. The van der Waals surface area contributed by atoms with Crippen molar-refractivity contribution >= 4 is 34.3 Å². The van der Waals surface area contributed by atoms with Gasteiger partial charge < -0.3 is 13.6 Å². The quantitative estimate of drug-likeness (QED) is 0.293. The van der Waals surface area contributed by atoms with Crippen LogP contribution in [0.5, 0.6) is 5.75 Å². The Hall–Kier alpha value is -2.77. The molecular weight excluding hydrogens is 412 g/mol. The molecule has 0 radical (unpaired) electrons. The van der Waals surface area contributed by atoms with Gasteiger partial charge in [-0.25, -0.2) is 4.79 Å². The van der Waals surface area contributed by atoms with Crippen molar-refractivity contribution in [3.63, 3.8) is 0 Å². The summed E-state index contributed by atoms with van der Waals surface area (Å²) in [6, 6.07) is 14.5. The molecule has 6 nitrogen and oxygen atoms in total. The van der Waals surface area contributed by atoms with Crippen LogP contribution in [0.15, 0.2) is 67.4 Å². The fourth-order valence-electron chi connectivity index (χ4n) is 2.78. The molecule has 8 heteroatoms. The van der Waals surface area contributed by atoms with E-state index in [0.717, 1.165) is 22.9 Å². The molecule has 0 amide bonds. The molecule has 0 aliphatic heterocycles. The Labute approximate surface area is 175 Å². The van der Waals surface area contributed by atoms with E-state index < -0.39 is 0 Å². The normalized spacial score (nSPS) is 11.1. The average molecular weight is 429 g/mol. The zero-order valence-electron chi connectivity index (χ0n) is 15.6. The smallest absolute Gasteiger partial charge is 0.336 e. The number of fused-ring (bicyclic) bond motifs is 1. The lowest BCUT2D eigenvalue weighted by atomic mass is 10.1. The van der Waals surface area contributed by atoms with Gasteiger partial charge in [0.05, 0.1) is 0 Å². The Kier molecular flexibility index (Phi) is 5.87. The zero-order chi connectivity index (χ0) is 20.2. The van der Waals surface area contributed by atoms with Crippen molar-refractivity contribution in [3.05, 3.63) is 81.0 Å². The summed E-state index contributed by atoms with van der Waals surface area (Å²) in [7, 11) is 0. The second-order valence-corrected chi connectivity index (χ2v) is 7.63. The Morgan fingerprint density at radius 3 is 2.69 bits per heavy atom. The summed E-state index contributed by atoms with van der Waals surface area (Å²) in [6.45, 7) is 2.22. The third-order valence-electron chi connectivity index (χ3n) is 4.28. The van der Waals surface area contributed by atoms with E-state index in [1.807, 2.05) is 18.2 Å². The molecule has 0 N–H and O–H groups in total. The summed E-state index contributed by atoms with van der Waals surface area (Å²) < 4.78 is 16.6. The van der Waals surface area contributed by atoms with Crippen LogP contribution in [0.25, 0.3) is 11.0 Å². The van der Waals surface area contributed by atoms with Gasteiger partial charge in [-0.15, -0.1) is 10.2 Å². The Morgan fingerprint density at radius 1 is 1.07 bits per heavy atom. The van der Waals surface area contributed by atoms with Crippen LogP contribution >= 0.6 is 23.4 Å². The third-order valence-corrected chi connectivity index (χ3v) is 5.40. The number of benzene rings is 2. The van der Waals surface area contributed by atoms with E-state index in [4.69, 9.17) is 25.2 Å². The molecule has 2 heterocycles. The highest BCUT2D eigenvalue weighted by molar-refractivity contribution is 7.98. The molecule has 0 fully saturated rings. The van der Waals surface area contributed by atoms with E-state index in [2.05, 4.69) is 17.1 Å². The van der Waals surface area contributed by atoms with Crippen molar-refractivity contribution in [3.8, 4) is 5.75 Å². The van der Waals surface area contributed by atoms with Crippen molar-refractivity contribution in [2.24, 2.45) is 0 Å². The molecule has 4 rings (SSSR count). The number of hydrogen-bond donors (Lipinski definition) is 0. The maximum absolute atomic E-state index is 11.9. The van der Waals surface area contributed by atoms with E-state index in [-0.39, 0.29) is 12.2 Å². The molecule has 0 aliphatic carbocycles. The minimum Gasteiger partial charge on any atom is -0.484 e. The summed E-state index contributed by atoms with van der Waals surface area (Å²) in [5.74, 6) is 1.54. The topological polar surface area (TPSA) is 78.4 Å². The van der Waals surface area contributed by atoms with E-state index in [1.54, 1.807) is 24.3 Å². The molecule has 2 aromatic carbocycles. The summed E-state index contributed by atoms with van der Waals surface area (Å²) >= 11 is 7.21. The van der Waals surface area contributed by atoms with Gasteiger partial charge in [-0.2, -0.15) is 0 Å². The predicted octanol–water partition coefficient (Wildman–Crippen LogP) is 5.26. The van der Waals surface area contributed by atoms with Gasteiger partial charge in [-0.1, -0.05) is 42.4 Å². The zero-order valence-corrected chi connectivity index (χ0v) is 17.1. The van der Waals surface area contributed by atoms with Crippen molar-refractivity contribution in [1.29, 1.82) is 0 Å². The van der Waals surface area contributed by atoms with Crippen molar-refractivity contribution < 1.29 is 13.6 Å². The molecule has 0 saturated heterocycles. The van der Waals surface area contributed by atoms with Crippen LogP contribution in [-0.2, 0) is 18.8 Å². The first-order chi connectivity index (χ1) is 14.1. The highest BCUT2D eigenvalue weighted by Gasteiger charge is 2.11. The number of nitrogens with zero attached hydrogens (tertiary/aromatic N) is 2. The second kappa shape index (κ2) is 8.71. The van der Waals surface area contributed by atoms with Crippen LogP contribution < -0.4 is 10.4 Å². The SMILES string of the molecule is CCc1ccc2c(CSc3nnc(COc4ccc(Cl)cc4)o3)cc(=O)oc2c1. The van der Waals surface area contributed by atoms with Gasteiger partial charge in [0.1, 0.15) is 11.3 Å². The number of aromatic nitrogens is 2. The van der Waals surface area contributed by atoms with Gasteiger partial charge >= 0.3 is 5.63 Å². The van der Waals surface area contributed by atoms with Gasteiger partial charge in [-0.05, 0) is 47.9 Å². The number of aryl methyl sites for hydroxylation is 1. The monoisotopic (exact) mass is 428 g/mol. The van der Waals surface area contributed by atoms with Crippen LogP contribution in [0.1, 0.15) is 23.9 Å². The molecule has 29 heavy (non-hydrogen) atoms. The minimum atomic E-state index is -0.371. The van der Waals surface area contributed by atoms with Gasteiger partial charge in [-0.3, -0.25) is 0 Å². The molecule has 0 unspecified atom stereocenters. The predicted molar refractivity (Wildman–Crippen MR) is 112 cm³/mol. The van der Waals surface area contributed by atoms with Crippen molar-refractivity contribution in [2.45, 2.75) is 30.9 Å². The Bertz CT molecular complexity index is 1190. The van der Waals surface area contributed by atoms with Crippen molar-refractivity contribution in [1.82, 2.24) is 10.2 Å². The lowest BCUT2D eigenvalue weighted by molar-refractivity contribution is 0.252. The molecule has 2 aromatic heterocycles. The standard InChI is InChI=1S/C21H17ClN2O4S/c1-2-13-3-8-17-14(10-20(25)27-18(17)9-13)12-29-21-24-23-19(28-21)11-26-16-6-4-15(22)5-7-16/h3-10H,2,11-12H2,1H3. The first-order valence-electron chi connectivity index (χ1n) is 9.00. The lowest BCUT2D eigenvalue weighted by Gasteiger charge is -2.05. The summed E-state index contributed by atoms with van der Waals surface area (Å²) in [4.78, 5) is 11.9. The van der Waals surface area contributed by atoms with Crippen LogP contribution in [0, 0.1) is 0 Å². The molecule has 0 atom stereocenters. The largest absolute Gasteiger partial charge is 0.484 e. The summed E-state index contributed by atoms with van der Waals surface area (Å²) in [5, 5.41) is 9.98. The summed E-state index contributed by atoms with van der Waals surface area (Å²) in [6.07, 6.45) is 0.876. The maximum Gasteiger partial charge on any atom is 0.336 e. The maximum atomic E-state index is 11.9. The molecule has 0 bridgehead atoms. The highest BCUT2D eigenvalue weighted by atomic mass is 35.5. The van der Waals surface area contributed by atoms with Crippen LogP contribution in [0.3, 0.4) is 0 Å². The molecule has 148 valence electrons. The van der Waals surface area contributed by atoms with Crippen LogP contribution in [0.2, 0.25) is 5.02 Å². The Morgan fingerprint density at radius 2 is 1.90 bits per heavy atom. The van der Waals surface area contributed by atoms with Gasteiger partial charge in [0.15, 0.2) is 6.61 Å². The number of hydrogen-bond acceptors (Lipinski definition) is 7. The first kappa shape index (κ1) is 19.5. The van der Waals surface area contributed by atoms with Crippen LogP contribution in [0.4, 0.5) is 0 Å². The number of thioether (sulfide) groups is 1. The third kappa shape index (κ3) is 4.81. The second-order valence-electron chi connectivity index (χ2n) is 6.27. The first-order valence-corrected chi connectivity index (χ1v) is 10.4. The molecule has 0 aliphatic rings. The van der Waals surface area contributed by atoms with Gasteiger partial charge in [0, 0.05) is 22.2 Å². The Balaban J connectivity index is 1.43. The number of halogens is 1. The van der Waals surface area contributed by atoms with E-state index >= 15 is 0 Å². The molecule has 0 saturated carbocycles. The number of ether oxygens (including phenoxy) is 1. The minimum absolute atomic E-state index is 0.160. The fourth-order valence-corrected chi connectivity index (χ4v) is 3.68. The van der Waals surface area contributed by atoms with E-state index in [1.165, 1.54) is 17.8 Å². The van der Waals surface area contributed by atoms with E-state index in [9.17, 15) is 4.79 Å². The summed E-state index contributed by atoms with van der Waals surface area (Å²) in [5.41, 5.74) is 2.20. The fraction of sp³-hybridized carbons (Fsp3) is 0.190. The van der Waals surface area contributed by atoms with Gasteiger partial charge in [0.25, 0.3) is 11.1 Å².